The maximum Gasteiger partial charge on any atom is 0.241 e. The predicted molar refractivity (Wildman–Crippen MR) is 97.2 cm³/mol. The van der Waals surface area contributed by atoms with Crippen LogP contribution in [0.5, 0.6) is 0 Å². The average molecular weight is 362 g/mol. The van der Waals surface area contributed by atoms with Gasteiger partial charge in [0.2, 0.25) is 5.91 Å². The van der Waals surface area contributed by atoms with Crippen molar-refractivity contribution in [3.05, 3.63) is 63.6 Å². The van der Waals surface area contributed by atoms with Crippen molar-refractivity contribution in [3.8, 4) is 6.07 Å². The van der Waals surface area contributed by atoms with E-state index in [1.165, 1.54) is 0 Å². The number of carbonyl (C=O) groups is 1. The third-order valence-electron chi connectivity index (χ3n) is 3.76. The molecule has 1 N–H and O–H groups in total. The van der Waals surface area contributed by atoms with E-state index in [2.05, 4.69) is 11.4 Å². The molecule has 0 saturated carbocycles. The number of carbonyl (C=O) groups excluding carboxylic acids is 1. The van der Waals surface area contributed by atoms with Gasteiger partial charge >= 0.3 is 0 Å². The summed E-state index contributed by atoms with van der Waals surface area (Å²) in [6, 6.07) is 14.0. The summed E-state index contributed by atoms with van der Waals surface area (Å²) in [5.74, 6) is -0.180. The van der Waals surface area contributed by atoms with E-state index >= 15 is 0 Å². The average Bonchev–Trinajstić information content (AvgIpc) is 2.57. The molecule has 0 aliphatic rings. The van der Waals surface area contributed by atoms with Gasteiger partial charge in [0.25, 0.3) is 0 Å². The number of rotatable bonds is 5. The normalized spacial score (nSPS) is 11.8. The van der Waals surface area contributed by atoms with Gasteiger partial charge in [0.1, 0.15) is 6.07 Å². The summed E-state index contributed by atoms with van der Waals surface area (Å²) in [5, 5.41) is 12.9. The van der Waals surface area contributed by atoms with Crippen LogP contribution in [0.15, 0.2) is 42.5 Å². The number of benzene rings is 2. The Labute approximate surface area is 151 Å². The molecule has 0 unspecified atom stereocenters. The van der Waals surface area contributed by atoms with Crippen molar-refractivity contribution in [2.75, 3.05) is 12.4 Å². The summed E-state index contributed by atoms with van der Waals surface area (Å²) < 4.78 is 0. The molecular formula is C18H17Cl2N3O. The molecule has 24 heavy (non-hydrogen) atoms. The zero-order valence-corrected chi connectivity index (χ0v) is 14.9. The molecule has 0 spiro atoms. The fourth-order valence-corrected chi connectivity index (χ4v) is 2.51. The Hall–Kier alpha value is -2.06. The molecule has 2 aromatic rings. The van der Waals surface area contributed by atoms with Gasteiger partial charge in [-0.25, -0.2) is 0 Å². The first kappa shape index (κ1) is 18.3. The lowest BCUT2D eigenvalue weighted by Gasteiger charge is -2.24. The Bertz CT molecular complexity index is 786. The van der Waals surface area contributed by atoms with E-state index in [9.17, 15) is 4.79 Å². The lowest BCUT2D eigenvalue weighted by Crippen LogP contribution is -2.39. The lowest BCUT2D eigenvalue weighted by atomic mass is 10.1. The third kappa shape index (κ3) is 4.48. The second-order valence-corrected chi connectivity index (χ2v) is 6.30. The second-order valence-electron chi connectivity index (χ2n) is 5.49. The highest BCUT2D eigenvalue weighted by Crippen LogP contribution is 2.23. The Morgan fingerprint density at radius 2 is 1.96 bits per heavy atom. The van der Waals surface area contributed by atoms with Crippen molar-refractivity contribution in [2.45, 2.75) is 19.5 Å². The Kier molecular flexibility index (Phi) is 6.22. The minimum atomic E-state index is -0.383. The molecule has 2 aromatic carbocycles. The van der Waals surface area contributed by atoms with Gasteiger partial charge in [0.05, 0.1) is 27.3 Å². The van der Waals surface area contributed by atoms with E-state index in [0.29, 0.717) is 27.8 Å². The number of nitriles is 1. The topological polar surface area (TPSA) is 56.1 Å². The van der Waals surface area contributed by atoms with E-state index < -0.39 is 0 Å². The number of halogens is 2. The first-order valence-electron chi connectivity index (χ1n) is 7.36. The number of amides is 1. The predicted octanol–water partition coefficient (Wildman–Crippen LogP) is 4.32. The summed E-state index contributed by atoms with van der Waals surface area (Å²) in [5.41, 5.74) is 1.91. The minimum absolute atomic E-state index is 0.180. The van der Waals surface area contributed by atoms with Crippen LogP contribution in [0.4, 0.5) is 5.69 Å². The Balaban J connectivity index is 2.04. The van der Waals surface area contributed by atoms with Gasteiger partial charge in [-0.15, -0.1) is 0 Å². The molecule has 1 amide bonds. The molecule has 0 heterocycles. The summed E-state index contributed by atoms with van der Waals surface area (Å²) in [6.07, 6.45) is 0. The molecule has 0 fully saturated rings. The van der Waals surface area contributed by atoms with Crippen LogP contribution < -0.4 is 5.32 Å². The van der Waals surface area contributed by atoms with Crippen LogP contribution in [0.25, 0.3) is 0 Å². The molecule has 0 bridgehead atoms. The van der Waals surface area contributed by atoms with Crippen LogP contribution >= 0.6 is 23.2 Å². The first-order chi connectivity index (χ1) is 11.4. The van der Waals surface area contributed by atoms with E-state index in [-0.39, 0.29) is 11.9 Å². The number of likely N-dealkylation sites (N-methyl/N-ethyl adjacent to an activating group) is 1. The van der Waals surface area contributed by atoms with Gasteiger partial charge in [0.15, 0.2) is 0 Å². The SMILES string of the molecule is C[C@@H](C(=O)Nc1ccccc1C#N)N(C)Cc1ccc(Cl)c(Cl)c1. The number of para-hydroxylation sites is 1. The zero-order valence-electron chi connectivity index (χ0n) is 13.4. The first-order valence-corrected chi connectivity index (χ1v) is 8.12. The van der Waals surface area contributed by atoms with Gasteiger partial charge in [-0.1, -0.05) is 41.4 Å². The fraction of sp³-hybridized carbons (Fsp3) is 0.222. The number of nitrogens with zero attached hydrogens (tertiary/aromatic N) is 2. The molecule has 1 atom stereocenters. The van der Waals surface area contributed by atoms with Crippen molar-refractivity contribution >= 4 is 34.8 Å². The van der Waals surface area contributed by atoms with E-state index in [0.717, 1.165) is 5.56 Å². The van der Waals surface area contributed by atoms with Crippen molar-refractivity contribution in [1.29, 1.82) is 5.26 Å². The zero-order chi connectivity index (χ0) is 17.7. The summed E-state index contributed by atoms with van der Waals surface area (Å²) in [6.45, 7) is 2.35. The van der Waals surface area contributed by atoms with E-state index in [1.807, 2.05) is 24.9 Å². The largest absolute Gasteiger partial charge is 0.324 e. The van der Waals surface area contributed by atoms with Crippen LogP contribution in [-0.2, 0) is 11.3 Å². The van der Waals surface area contributed by atoms with Crippen LogP contribution in [0.2, 0.25) is 10.0 Å². The van der Waals surface area contributed by atoms with E-state index in [4.69, 9.17) is 28.5 Å². The van der Waals surface area contributed by atoms with Crippen molar-refractivity contribution in [1.82, 2.24) is 4.90 Å². The lowest BCUT2D eigenvalue weighted by molar-refractivity contribution is -0.120. The maximum absolute atomic E-state index is 12.4. The van der Waals surface area contributed by atoms with Gasteiger partial charge in [0, 0.05) is 6.54 Å². The van der Waals surface area contributed by atoms with Crippen LogP contribution in [0, 0.1) is 11.3 Å². The van der Waals surface area contributed by atoms with Crippen molar-refractivity contribution in [2.24, 2.45) is 0 Å². The van der Waals surface area contributed by atoms with E-state index in [1.54, 1.807) is 36.4 Å². The molecule has 4 nitrogen and oxygen atoms in total. The Morgan fingerprint density at radius 3 is 2.62 bits per heavy atom. The highest BCUT2D eigenvalue weighted by Gasteiger charge is 2.19. The molecule has 0 aliphatic heterocycles. The standard InChI is InChI=1S/C18H17Cl2N3O/c1-12(18(24)22-17-6-4-3-5-14(17)10-21)23(2)11-13-7-8-15(19)16(20)9-13/h3-9,12H,11H2,1-2H3,(H,22,24)/t12-/m0/s1. The van der Waals surface area contributed by atoms with Crippen LogP contribution in [0.1, 0.15) is 18.1 Å². The molecule has 0 aromatic heterocycles. The van der Waals surface area contributed by atoms with Gasteiger partial charge in [-0.3, -0.25) is 9.69 Å². The summed E-state index contributed by atoms with van der Waals surface area (Å²) in [4.78, 5) is 14.3. The van der Waals surface area contributed by atoms with Crippen molar-refractivity contribution < 1.29 is 4.79 Å². The number of anilines is 1. The Morgan fingerprint density at radius 1 is 1.25 bits per heavy atom. The molecular weight excluding hydrogens is 345 g/mol. The molecule has 124 valence electrons. The molecule has 0 radical (unpaired) electrons. The molecule has 0 aliphatic carbocycles. The quantitative estimate of drug-likeness (QED) is 0.862. The summed E-state index contributed by atoms with van der Waals surface area (Å²) in [7, 11) is 1.85. The molecule has 2 rings (SSSR count). The highest BCUT2D eigenvalue weighted by molar-refractivity contribution is 6.42. The second kappa shape index (κ2) is 8.16. The smallest absolute Gasteiger partial charge is 0.241 e. The summed E-state index contributed by atoms with van der Waals surface area (Å²) >= 11 is 11.9. The molecule has 6 heteroatoms. The number of hydrogen-bond donors (Lipinski definition) is 1. The minimum Gasteiger partial charge on any atom is -0.324 e. The number of hydrogen-bond acceptors (Lipinski definition) is 3. The van der Waals surface area contributed by atoms with Crippen LogP contribution in [0.3, 0.4) is 0 Å². The van der Waals surface area contributed by atoms with Crippen molar-refractivity contribution in [3.63, 3.8) is 0 Å². The highest BCUT2D eigenvalue weighted by atomic mass is 35.5. The third-order valence-corrected chi connectivity index (χ3v) is 4.50. The molecule has 0 saturated heterocycles. The number of nitrogens with one attached hydrogen (secondary N) is 1. The monoisotopic (exact) mass is 361 g/mol. The van der Waals surface area contributed by atoms with Gasteiger partial charge in [-0.05, 0) is 43.8 Å². The van der Waals surface area contributed by atoms with Gasteiger partial charge < -0.3 is 5.32 Å². The fourth-order valence-electron chi connectivity index (χ4n) is 2.19. The van der Waals surface area contributed by atoms with Gasteiger partial charge in [-0.2, -0.15) is 5.26 Å². The van der Waals surface area contributed by atoms with Crippen LogP contribution in [-0.4, -0.2) is 23.9 Å². The maximum atomic E-state index is 12.4.